The summed E-state index contributed by atoms with van der Waals surface area (Å²) in [6, 6.07) is 7.87. The Bertz CT molecular complexity index is 1190. The second kappa shape index (κ2) is 13.0. The van der Waals surface area contributed by atoms with Crippen LogP contribution in [-0.4, -0.2) is 46.3 Å². The van der Waals surface area contributed by atoms with Crippen molar-refractivity contribution < 1.29 is 45.2 Å². The van der Waals surface area contributed by atoms with Crippen molar-refractivity contribution in [3.63, 3.8) is 0 Å². The molecule has 2 rings (SSSR count). The van der Waals surface area contributed by atoms with Crippen LogP contribution >= 0.6 is 0 Å². The number of halogens is 2. The van der Waals surface area contributed by atoms with E-state index in [1.807, 2.05) is 0 Å². The van der Waals surface area contributed by atoms with Gasteiger partial charge in [0, 0.05) is 6.20 Å². The van der Waals surface area contributed by atoms with Gasteiger partial charge >= 0.3 is 11.9 Å². The molecule has 0 saturated heterocycles. The Morgan fingerprint density at radius 3 is 2.14 bits per heavy atom. The molecule has 0 aliphatic rings. The molecule has 36 heavy (non-hydrogen) atoms. The highest BCUT2D eigenvalue weighted by molar-refractivity contribution is 7.86. The van der Waals surface area contributed by atoms with E-state index in [9.17, 15) is 26.8 Å². The quantitative estimate of drug-likeness (QED) is 0.144. The molecule has 0 heterocycles. The Hall–Kier alpha value is -3.51. The molecule has 0 fully saturated rings. The van der Waals surface area contributed by atoms with Gasteiger partial charge in [0.1, 0.15) is 12.7 Å². The minimum Gasteiger partial charge on any atom is -0.485 e. The smallest absolute Gasteiger partial charge is 0.347 e. The van der Waals surface area contributed by atoms with E-state index in [1.165, 1.54) is 32.9 Å². The fourth-order valence-corrected chi connectivity index (χ4v) is 3.83. The van der Waals surface area contributed by atoms with Gasteiger partial charge < -0.3 is 19.5 Å². The fourth-order valence-electron chi connectivity index (χ4n) is 2.76. The average molecular weight is 528 g/mol. The largest absolute Gasteiger partial charge is 0.485 e. The summed E-state index contributed by atoms with van der Waals surface area (Å²) in [5, 5.41) is 2.51. The van der Waals surface area contributed by atoms with Crippen LogP contribution in [0.15, 0.2) is 53.1 Å². The highest BCUT2D eigenvalue weighted by Gasteiger charge is 2.24. The summed E-state index contributed by atoms with van der Waals surface area (Å²) < 4.78 is 73.4. The first-order valence-corrected chi connectivity index (χ1v) is 12.3. The molecule has 9 nitrogen and oxygen atoms in total. The SMILES string of the molecule is CCOC(=O)C(=CNc1ccc(F)c(F)c1OCC(C)OS(=O)(=O)c1ccc(C)cc1)C(=O)OCC. The Kier molecular flexibility index (Phi) is 10.4. The minimum atomic E-state index is -4.14. The van der Waals surface area contributed by atoms with Crippen LogP contribution in [0.3, 0.4) is 0 Å². The Morgan fingerprint density at radius 2 is 1.58 bits per heavy atom. The number of esters is 2. The van der Waals surface area contributed by atoms with Gasteiger partial charge in [0.05, 0.1) is 23.8 Å². The van der Waals surface area contributed by atoms with Crippen molar-refractivity contribution in [2.75, 3.05) is 25.1 Å². The van der Waals surface area contributed by atoms with Gasteiger partial charge in [-0.15, -0.1) is 0 Å². The van der Waals surface area contributed by atoms with E-state index in [0.717, 1.165) is 23.9 Å². The molecule has 1 unspecified atom stereocenters. The van der Waals surface area contributed by atoms with Crippen molar-refractivity contribution >= 4 is 27.7 Å². The van der Waals surface area contributed by atoms with Gasteiger partial charge in [-0.3, -0.25) is 4.18 Å². The molecular formula is C24H27F2NO8S. The molecule has 2 aromatic rings. The van der Waals surface area contributed by atoms with Crippen LogP contribution in [-0.2, 0) is 33.4 Å². The van der Waals surface area contributed by atoms with Crippen LogP contribution in [0, 0.1) is 18.6 Å². The number of ether oxygens (including phenoxy) is 3. The van der Waals surface area contributed by atoms with Crippen LogP contribution in [0.2, 0.25) is 0 Å². The second-order valence-corrected chi connectivity index (χ2v) is 8.94. The summed E-state index contributed by atoms with van der Waals surface area (Å²) in [5.74, 6) is -5.22. The highest BCUT2D eigenvalue weighted by Crippen LogP contribution is 2.30. The number of aryl methyl sites for hydroxylation is 1. The van der Waals surface area contributed by atoms with Crippen molar-refractivity contribution in [3.05, 3.63) is 65.4 Å². The topological polar surface area (TPSA) is 117 Å². The van der Waals surface area contributed by atoms with Gasteiger partial charge in [0.2, 0.25) is 5.82 Å². The van der Waals surface area contributed by atoms with Crippen molar-refractivity contribution in [1.82, 2.24) is 0 Å². The number of benzene rings is 2. The lowest BCUT2D eigenvalue weighted by molar-refractivity contribution is -0.146. The molecule has 12 heteroatoms. The zero-order valence-corrected chi connectivity index (χ0v) is 21.0. The van der Waals surface area contributed by atoms with Crippen LogP contribution in [0.4, 0.5) is 14.5 Å². The van der Waals surface area contributed by atoms with E-state index in [-0.39, 0.29) is 23.8 Å². The van der Waals surface area contributed by atoms with Gasteiger partial charge in [0.15, 0.2) is 17.1 Å². The maximum atomic E-state index is 14.5. The van der Waals surface area contributed by atoms with E-state index in [4.69, 9.17) is 18.4 Å². The average Bonchev–Trinajstić information content (AvgIpc) is 2.81. The van der Waals surface area contributed by atoms with E-state index in [0.29, 0.717) is 0 Å². The van der Waals surface area contributed by atoms with Gasteiger partial charge in [0.25, 0.3) is 10.1 Å². The third kappa shape index (κ3) is 7.75. The maximum Gasteiger partial charge on any atom is 0.347 e. The van der Waals surface area contributed by atoms with Crippen LogP contribution < -0.4 is 10.1 Å². The highest BCUT2D eigenvalue weighted by atomic mass is 32.2. The first-order chi connectivity index (χ1) is 17.0. The lowest BCUT2D eigenvalue weighted by atomic mass is 10.2. The normalized spacial score (nSPS) is 11.8. The number of rotatable bonds is 12. The van der Waals surface area contributed by atoms with E-state index in [2.05, 4.69) is 5.32 Å². The Morgan fingerprint density at radius 1 is 1.00 bits per heavy atom. The lowest BCUT2D eigenvalue weighted by Crippen LogP contribution is -2.23. The van der Waals surface area contributed by atoms with Crippen molar-refractivity contribution in [2.24, 2.45) is 0 Å². The number of nitrogens with one attached hydrogen (secondary N) is 1. The zero-order chi connectivity index (χ0) is 26.9. The zero-order valence-electron chi connectivity index (χ0n) is 20.2. The van der Waals surface area contributed by atoms with Gasteiger partial charge in [-0.25, -0.2) is 14.0 Å². The Balaban J connectivity index is 2.22. The third-order valence-electron chi connectivity index (χ3n) is 4.48. The van der Waals surface area contributed by atoms with E-state index < -0.39 is 57.7 Å². The van der Waals surface area contributed by atoms with Gasteiger partial charge in [-0.2, -0.15) is 12.8 Å². The molecule has 0 amide bonds. The molecule has 0 aliphatic carbocycles. The van der Waals surface area contributed by atoms with Crippen LogP contribution in [0.5, 0.6) is 5.75 Å². The molecule has 0 aliphatic heterocycles. The summed E-state index contributed by atoms with van der Waals surface area (Å²) in [4.78, 5) is 24.1. The van der Waals surface area contributed by atoms with E-state index >= 15 is 0 Å². The molecule has 2 aromatic carbocycles. The summed E-state index contributed by atoms with van der Waals surface area (Å²) >= 11 is 0. The molecule has 0 spiro atoms. The minimum absolute atomic E-state index is 0.0154. The second-order valence-electron chi connectivity index (χ2n) is 7.37. The maximum absolute atomic E-state index is 14.5. The van der Waals surface area contributed by atoms with Crippen LogP contribution in [0.1, 0.15) is 26.3 Å². The standard InChI is InChI=1S/C24H27F2NO8S/c1-5-32-23(28)18(24(29)33-6-2)13-27-20-12-11-19(25)21(26)22(20)34-14-16(4)35-36(30,31)17-9-7-15(3)8-10-17/h7-13,16,27H,5-6,14H2,1-4H3. The molecule has 0 radical (unpaired) electrons. The first kappa shape index (κ1) is 28.7. The number of carbonyl (C=O) groups excluding carboxylic acids is 2. The summed E-state index contributed by atoms with van der Waals surface area (Å²) in [7, 11) is -4.14. The molecule has 0 saturated carbocycles. The predicted molar refractivity (Wildman–Crippen MR) is 126 cm³/mol. The molecule has 196 valence electrons. The number of hydrogen-bond acceptors (Lipinski definition) is 9. The fraction of sp³-hybridized carbons (Fsp3) is 0.333. The number of hydrogen-bond donors (Lipinski definition) is 1. The van der Waals surface area contributed by atoms with Crippen molar-refractivity contribution in [1.29, 1.82) is 0 Å². The molecular weight excluding hydrogens is 500 g/mol. The molecule has 0 bridgehead atoms. The summed E-state index contributed by atoms with van der Waals surface area (Å²) in [5.41, 5.74) is 0.180. The molecule has 1 N–H and O–H groups in total. The molecule has 0 aromatic heterocycles. The van der Waals surface area contributed by atoms with Crippen LogP contribution in [0.25, 0.3) is 0 Å². The van der Waals surface area contributed by atoms with Crippen molar-refractivity contribution in [2.45, 2.75) is 38.7 Å². The Labute approximate surface area is 208 Å². The summed E-state index contributed by atoms with van der Waals surface area (Å²) in [6.45, 7) is 5.73. The number of anilines is 1. The van der Waals surface area contributed by atoms with Crippen molar-refractivity contribution in [3.8, 4) is 5.75 Å². The lowest BCUT2D eigenvalue weighted by Gasteiger charge is -2.17. The summed E-state index contributed by atoms with van der Waals surface area (Å²) in [6.07, 6.45) is -0.172. The van der Waals surface area contributed by atoms with Gasteiger partial charge in [-0.1, -0.05) is 17.7 Å². The third-order valence-corrected chi connectivity index (χ3v) is 5.91. The van der Waals surface area contributed by atoms with Gasteiger partial charge in [-0.05, 0) is 52.0 Å². The van der Waals surface area contributed by atoms with E-state index in [1.54, 1.807) is 19.1 Å². The monoisotopic (exact) mass is 527 g/mol. The first-order valence-electron chi connectivity index (χ1n) is 10.9. The number of carbonyl (C=O) groups is 2. The predicted octanol–water partition coefficient (Wildman–Crippen LogP) is 3.87. The molecule has 1 atom stereocenters.